The fourth-order valence-electron chi connectivity index (χ4n) is 2.58. The Kier molecular flexibility index (Phi) is 6.26. The summed E-state index contributed by atoms with van der Waals surface area (Å²) in [5.74, 6) is -0.644. The van der Waals surface area contributed by atoms with Gasteiger partial charge in [0, 0.05) is 22.8 Å². The van der Waals surface area contributed by atoms with Crippen molar-refractivity contribution >= 4 is 33.4 Å². The van der Waals surface area contributed by atoms with Crippen LogP contribution < -0.4 is 19.7 Å². The second-order valence-corrected chi connectivity index (χ2v) is 6.94. The molecule has 2 heterocycles. The van der Waals surface area contributed by atoms with Gasteiger partial charge in [0.2, 0.25) is 11.8 Å². The fraction of sp³-hybridized carbons (Fsp3) is 0.278. The first-order chi connectivity index (χ1) is 13.7. The molecule has 2 aromatic rings. The quantitative estimate of drug-likeness (QED) is 0.697. The number of aromatic nitrogens is 1. The van der Waals surface area contributed by atoms with Gasteiger partial charge < -0.3 is 14.8 Å². The van der Waals surface area contributed by atoms with Gasteiger partial charge in [-0.25, -0.2) is 4.98 Å². The Bertz CT molecular complexity index is 923. The topological polar surface area (TPSA) is 80.8 Å². The van der Waals surface area contributed by atoms with Gasteiger partial charge >= 0.3 is 6.18 Å². The van der Waals surface area contributed by atoms with Gasteiger partial charge in [0.1, 0.15) is 12.3 Å². The van der Waals surface area contributed by atoms with Crippen molar-refractivity contribution < 1.29 is 32.2 Å². The number of nitrogens with one attached hydrogen (secondary N) is 1. The van der Waals surface area contributed by atoms with Crippen molar-refractivity contribution in [1.29, 1.82) is 0 Å². The van der Waals surface area contributed by atoms with Crippen LogP contribution in [-0.2, 0) is 16.1 Å². The zero-order valence-corrected chi connectivity index (χ0v) is 16.4. The van der Waals surface area contributed by atoms with Gasteiger partial charge in [0.05, 0.1) is 5.69 Å². The number of anilines is 1. The second kappa shape index (κ2) is 8.68. The van der Waals surface area contributed by atoms with Crippen molar-refractivity contribution in [2.75, 3.05) is 24.7 Å². The summed E-state index contributed by atoms with van der Waals surface area (Å²) in [5.41, 5.74) is 0.734. The van der Waals surface area contributed by atoms with E-state index < -0.39 is 18.7 Å². The molecule has 0 saturated heterocycles. The molecule has 0 saturated carbocycles. The molecule has 3 rings (SSSR count). The maximum Gasteiger partial charge on any atom is 0.422 e. The lowest BCUT2D eigenvalue weighted by molar-refractivity contribution is -0.154. The summed E-state index contributed by atoms with van der Waals surface area (Å²) >= 11 is 3.31. The van der Waals surface area contributed by atoms with E-state index in [1.807, 2.05) is 0 Å². The predicted octanol–water partition coefficient (Wildman–Crippen LogP) is 2.83. The van der Waals surface area contributed by atoms with E-state index in [0.717, 1.165) is 4.47 Å². The van der Waals surface area contributed by atoms with Gasteiger partial charge in [-0.3, -0.25) is 14.5 Å². The van der Waals surface area contributed by atoms with Crippen molar-refractivity contribution in [3.05, 3.63) is 46.6 Å². The van der Waals surface area contributed by atoms with Crippen LogP contribution in [0, 0.1) is 0 Å². The highest BCUT2D eigenvalue weighted by Crippen LogP contribution is 2.34. The minimum absolute atomic E-state index is 0.106. The van der Waals surface area contributed by atoms with Gasteiger partial charge in [0.15, 0.2) is 13.2 Å². The lowest BCUT2D eigenvalue weighted by atomic mass is 10.2. The maximum absolute atomic E-state index is 12.4. The van der Waals surface area contributed by atoms with Crippen LogP contribution in [0.4, 0.5) is 18.9 Å². The van der Waals surface area contributed by atoms with Gasteiger partial charge in [-0.05, 0) is 24.3 Å². The number of amides is 2. The summed E-state index contributed by atoms with van der Waals surface area (Å²) < 4.78 is 47.9. The first kappa shape index (κ1) is 20.9. The van der Waals surface area contributed by atoms with E-state index in [9.17, 15) is 22.8 Å². The smallest absolute Gasteiger partial charge is 0.422 e. The molecular formula is C18H15BrF3N3O4. The van der Waals surface area contributed by atoms with Crippen LogP contribution in [-0.4, -0.2) is 42.7 Å². The number of halogens is 4. The third-order valence-corrected chi connectivity index (χ3v) is 4.36. The molecule has 1 N–H and O–H groups in total. The highest BCUT2D eigenvalue weighted by atomic mass is 79.9. The number of carbonyl (C=O) groups is 2. The van der Waals surface area contributed by atoms with Crippen LogP contribution in [0.15, 0.2) is 41.0 Å². The molecule has 154 valence electrons. The molecule has 0 aliphatic carbocycles. The molecule has 0 unspecified atom stereocenters. The molecule has 0 spiro atoms. The Balaban J connectivity index is 1.63. The van der Waals surface area contributed by atoms with Crippen LogP contribution in [0.1, 0.15) is 5.56 Å². The molecule has 1 aliphatic rings. The lowest BCUT2D eigenvalue weighted by Crippen LogP contribution is -2.45. The number of hydrogen-bond acceptors (Lipinski definition) is 5. The third kappa shape index (κ3) is 5.59. The van der Waals surface area contributed by atoms with E-state index in [1.165, 1.54) is 23.2 Å². The molecule has 1 aliphatic heterocycles. The van der Waals surface area contributed by atoms with Gasteiger partial charge in [-0.2, -0.15) is 13.2 Å². The number of hydrogen-bond donors (Lipinski definition) is 1. The Labute approximate surface area is 171 Å². The zero-order valence-electron chi connectivity index (χ0n) is 14.8. The van der Waals surface area contributed by atoms with Gasteiger partial charge in [-0.1, -0.05) is 22.0 Å². The standard InChI is InChI=1S/C18H15BrF3N3O4/c19-12-3-4-13-14(6-12)28-9-16(27)25(13)8-15(26)24-7-11-2-1-5-23-17(11)29-10-18(20,21)22/h1-6H,7-10H2,(H,24,26). The molecule has 0 atom stereocenters. The Morgan fingerprint density at radius 1 is 1.34 bits per heavy atom. The number of fused-ring (bicyclic) bond motifs is 1. The van der Waals surface area contributed by atoms with E-state index in [1.54, 1.807) is 18.2 Å². The third-order valence-electron chi connectivity index (χ3n) is 3.87. The average molecular weight is 474 g/mol. The fourth-order valence-corrected chi connectivity index (χ4v) is 2.92. The van der Waals surface area contributed by atoms with E-state index in [2.05, 4.69) is 31.0 Å². The zero-order chi connectivity index (χ0) is 21.0. The molecule has 0 fully saturated rings. The number of carbonyl (C=O) groups excluding carboxylic acids is 2. The van der Waals surface area contributed by atoms with E-state index in [-0.39, 0.29) is 37.0 Å². The molecule has 0 bridgehead atoms. The maximum atomic E-state index is 12.4. The van der Waals surface area contributed by atoms with Crippen LogP contribution in [0.3, 0.4) is 0 Å². The summed E-state index contributed by atoms with van der Waals surface area (Å²) in [6, 6.07) is 8.05. The van der Waals surface area contributed by atoms with Crippen molar-refractivity contribution in [3.63, 3.8) is 0 Å². The van der Waals surface area contributed by atoms with Gasteiger partial charge in [-0.15, -0.1) is 0 Å². The lowest BCUT2D eigenvalue weighted by Gasteiger charge is -2.29. The van der Waals surface area contributed by atoms with Crippen molar-refractivity contribution in [3.8, 4) is 11.6 Å². The summed E-state index contributed by atoms with van der Waals surface area (Å²) in [7, 11) is 0. The van der Waals surface area contributed by atoms with Crippen molar-refractivity contribution in [2.24, 2.45) is 0 Å². The number of alkyl halides is 3. The molecule has 0 radical (unpaired) electrons. The summed E-state index contributed by atoms with van der Waals surface area (Å²) in [6.07, 6.45) is -3.21. The Hall–Kier alpha value is -2.82. The monoisotopic (exact) mass is 473 g/mol. The van der Waals surface area contributed by atoms with E-state index in [4.69, 9.17) is 4.74 Å². The molecule has 1 aromatic carbocycles. The van der Waals surface area contributed by atoms with E-state index >= 15 is 0 Å². The number of rotatable bonds is 6. The average Bonchev–Trinajstić information content (AvgIpc) is 2.67. The first-order valence-electron chi connectivity index (χ1n) is 8.36. The van der Waals surface area contributed by atoms with Crippen LogP contribution >= 0.6 is 15.9 Å². The molecular weight excluding hydrogens is 459 g/mol. The van der Waals surface area contributed by atoms with Gasteiger partial charge in [0.25, 0.3) is 5.91 Å². The highest BCUT2D eigenvalue weighted by Gasteiger charge is 2.29. The largest absolute Gasteiger partial charge is 0.482 e. The number of nitrogens with zero attached hydrogens (tertiary/aromatic N) is 2. The molecule has 29 heavy (non-hydrogen) atoms. The number of benzene rings is 1. The molecule has 7 nitrogen and oxygen atoms in total. The SMILES string of the molecule is O=C(CN1C(=O)COc2cc(Br)ccc21)NCc1cccnc1OCC(F)(F)F. The minimum Gasteiger partial charge on any atom is -0.482 e. The Morgan fingerprint density at radius 2 is 2.14 bits per heavy atom. The Morgan fingerprint density at radius 3 is 2.90 bits per heavy atom. The summed E-state index contributed by atoms with van der Waals surface area (Å²) in [6.45, 7) is -2.06. The van der Waals surface area contributed by atoms with Crippen LogP contribution in [0.2, 0.25) is 0 Å². The van der Waals surface area contributed by atoms with Crippen molar-refractivity contribution in [2.45, 2.75) is 12.7 Å². The molecule has 2 amide bonds. The predicted molar refractivity (Wildman–Crippen MR) is 99.6 cm³/mol. The minimum atomic E-state index is -4.50. The summed E-state index contributed by atoms with van der Waals surface area (Å²) in [5, 5.41) is 2.56. The van der Waals surface area contributed by atoms with Crippen LogP contribution in [0.5, 0.6) is 11.6 Å². The first-order valence-corrected chi connectivity index (χ1v) is 9.15. The molecule has 11 heteroatoms. The number of pyridine rings is 1. The van der Waals surface area contributed by atoms with Crippen LogP contribution in [0.25, 0.3) is 0 Å². The van der Waals surface area contributed by atoms with E-state index in [0.29, 0.717) is 11.4 Å². The number of ether oxygens (including phenoxy) is 2. The summed E-state index contributed by atoms with van der Waals surface area (Å²) in [4.78, 5) is 29.5. The highest BCUT2D eigenvalue weighted by molar-refractivity contribution is 9.10. The normalized spacial score (nSPS) is 13.5. The molecule has 1 aromatic heterocycles. The second-order valence-electron chi connectivity index (χ2n) is 6.03. The van der Waals surface area contributed by atoms with Crippen molar-refractivity contribution in [1.82, 2.24) is 10.3 Å².